The van der Waals surface area contributed by atoms with E-state index < -0.39 is 0 Å². The molecule has 0 unspecified atom stereocenters. The monoisotopic (exact) mass is 338 g/mol. The van der Waals surface area contributed by atoms with Crippen LogP contribution in [0.4, 0.5) is 11.4 Å². The van der Waals surface area contributed by atoms with Crippen molar-refractivity contribution in [2.24, 2.45) is 0 Å². The molecule has 0 aliphatic carbocycles. The van der Waals surface area contributed by atoms with Crippen molar-refractivity contribution in [3.63, 3.8) is 0 Å². The molecule has 0 radical (unpaired) electrons. The van der Waals surface area contributed by atoms with E-state index in [-0.39, 0.29) is 0 Å². The molecular formula is C15H16BrClN2. The molecule has 2 aromatic rings. The Hall–Kier alpha value is -1.19. The Balaban J connectivity index is 2.07. The Morgan fingerprint density at radius 3 is 2.63 bits per heavy atom. The highest BCUT2D eigenvalue weighted by Gasteiger charge is 2.09. The summed E-state index contributed by atoms with van der Waals surface area (Å²) >= 11 is 9.68. The summed E-state index contributed by atoms with van der Waals surface area (Å²) in [5.41, 5.74) is 8.88. The molecule has 0 atom stereocenters. The maximum Gasteiger partial charge on any atom is 0.0786 e. The number of nitrogen functional groups attached to an aromatic ring is 1. The van der Waals surface area contributed by atoms with E-state index in [0.29, 0.717) is 10.7 Å². The van der Waals surface area contributed by atoms with Crippen LogP contribution in [0.1, 0.15) is 5.56 Å². The van der Waals surface area contributed by atoms with Crippen LogP contribution < -0.4 is 10.6 Å². The maximum absolute atomic E-state index is 6.20. The molecule has 0 heterocycles. The van der Waals surface area contributed by atoms with Gasteiger partial charge in [0.2, 0.25) is 0 Å². The molecule has 0 aliphatic rings. The summed E-state index contributed by atoms with van der Waals surface area (Å²) in [5.74, 6) is 0. The fourth-order valence-electron chi connectivity index (χ4n) is 2.04. The fourth-order valence-corrected chi connectivity index (χ4v) is 2.81. The number of nitrogens with two attached hydrogens (primary N) is 1. The zero-order valence-corrected chi connectivity index (χ0v) is 13.1. The van der Waals surface area contributed by atoms with Gasteiger partial charge in [-0.1, -0.05) is 45.7 Å². The van der Waals surface area contributed by atoms with Crippen LogP contribution in [-0.4, -0.2) is 13.6 Å². The minimum Gasteiger partial charge on any atom is -0.397 e. The maximum atomic E-state index is 6.20. The summed E-state index contributed by atoms with van der Waals surface area (Å²) in [5, 5.41) is 0.691. The highest BCUT2D eigenvalue weighted by molar-refractivity contribution is 9.10. The van der Waals surface area contributed by atoms with Gasteiger partial charge in [-0.25, -0.2) is 0 Å². The summed E-state index contributed by atoms with van der Waals surface area (Å²) in [6, 6.07) is 13.9. The zero-order chi connectivity index (χ0) is 13.8. The predicted molar refractivity (Wildman–Crippen MR) is 87.0 cm³/mol. The quantitative estimate of drug-likeness (QED) is 0.838. The summed E-state index contributed by atoms with van der Waals surface area (Å²) in [6.45, 7) is 0.865. The first-order valence-corrected chi connectivity index (χ1v) is 7.24. The van der Waals surface area contributed by atoms with Crippen LogP contribution in [0.3, 0.4) is 0 Å². The van der Waals surface area contributed by atoms with Gasteiger partial charge in [0, 0.05) is 18.1 Å². The molecule has 0 amide bonds. The van der Waals surface area contributed by atoms with Crippen LogP contribution in [-0.2, 0) is 6.42 Å². The highest BCUT2D eigenvalue weighted by atomic mass is 79.9. The average Bonchev–Trinajstić information content (AvgIpc) is 2.36. The van der Waals surface area contributed by atoms with Crippen molar-refractivity contribution in [1.29, 1.82) is 0 Å². The third kappa shape index (κ3) is 3.64. The van der Waals surface area contributed by atoms with Crippen molar-refractivity contribution in [3.8, 4) is 0 Å². The molecular weight excluding hydrogens is 324 g/mol. The molecule has 0 aliphatic heterocycles. The normalized spacial score (nSPS) is 10.5. The number of halogens is 2. The zero-order valence-electron chi connectivity index (χ0n) is 10.7. The van der Waals surface area contributed by atoms with E-state index in [1.54, 1.807) is 0 Å². The van der Waals surface area contributed by atoms with Crippen molar-refractivity contribution < 1.29 is 0 Å². The second-order valence-corrected chi connectivity index (χ2v) is 5.80. The lowest BCUT2D eigenvalue weighted by molar-refractivity contribution is 0.877. The molecule has 0 bridgehead atoms. The number of hydrogen-bond acceptors (Lipinski definition) is 2. The van der Waals surface area contributed by atoms with Crippen molar-refractivity contribution in [2.45, 2.75) is 6.42 Å². The van der Waals surface area contributed by atoms with Crippen molar-refractivity contribution in [1.82, 2.24) is 0 Å². The Kier molecular flexibility index (Phi) is 4.72. The summed E-state index contributed by atoms with van der Waals surface area (Å²) in [7, 11) is 2.01. The molecule has 4 heteroatoms. The van der Waals surface area contributed by atoms with E-state index in [9.17, 15) is 0 Å². The number of anilines is 2. The van der Waals surface area contributed by atoms with Crippen LogP contribution in [0, 0.1) is 0 Å². The molecule has 2 N–H and O–H groups in total. The highest BCUT2D eigenvalue weighted by Crippen LogP contribution is 2.31. The molecule has 0 aromatic heterocycles. The van der Waals surface area contributed by atoms with Gasteiger partial charge in [0.25, 0.3) is 0 Å². The van der Waals surface area contributed by atoms with Crippen molar-refractivity contribution in [3.05, 3.63) is 57.5 Å². The van der Waals surface area contributed by atoms with E-state index in [4.69, 9.17) is 17.3 Å². The van der Waals surface area contributed by atoms with Gasteiger partial charge in [-0.15, -0.1) is 0 Å². The summed E-state index contributed by atoms with van der Waals surface area (Å²) in [6.07, 6.45) is 0.945. The van der Waals surface area contributed by atoms with Gasteiger partial charge < -0.3 is 10.6 Å². The van der Waals surface area contributed by atoms with Crippen molar-refractivity contribution >= 4 is 38.9 Å². The third-order valence-corrected chi connectivity index (χ3v) is 3.82. The molecule has 2 nitrogen and oxygen atoms in total. The number of likely N-dealkylation sites (N-methyl/N-ethyl adjacent to an activating group) is 1. The molecule has 0 fully saturated rings. The molecule has 0 spiro atoms. The Bertz CT molecular complexity index is 552. The minimum absolute atomic E-state index is 0.691. The lowest BCUT2D eigenvalue weighted by Crippen LogP contribution is -2.21. The van der Waals surface area contributed by atoms with Crippen LogP contribution >= 0.6 is 27.5 Å². The minimum atomic E-state index is 0.691. The standard InChI is InChI=1S/C15H16BrClN2/c1-19(15-13(17)6-3-7-14(15)18)9-8-11-4-2-5-12(16)10-11/h2-7,10H,8-9,18H2,1H3. The summed E-state index contributed by atoms with van der Waals surface area (Å²) < 4.78 is 1.10. The van der Waals surface area contributed by atoms with Crippen LogP contribution in [0.5, 0.6) is 0 Å². The van der Waals surface area contributed by atoms with Gasteiger partial charge in [0.05, 0.1) is 16.4 Å². The van der Waals surface area contributed by atoms with E-state index >= 15 is 0 Å². The molecule has 0 saturated heterocycles. The third-order valence-electron chi connectivity index (χ3n) is 3.02. The number of para-hydroxylation sites is 1. The average molecular weight is 340 g/mol. The smallest absolute Gasteiger partial charge is 0.0786 e. The second kappa shape index (κ2) is 6.31. The van der Waals surface area contributed by atoms with Gasteiger partial charge in [-0.3, -0.25) is 0 Å². The van der Waals surface area contributed by atoms with Gasteiger partial charge >= 0.3 is 0 Å². The topological polar surface area (TPSA) is 29.3 Å². The molecule has 2 rings (SSSR count). The van der Waals surface area contributed by atoms with E-state index in [1.165, 1.54) is 5.56 Å². The van der Waals surface area contributed by atoms with Gasteiger partial charge in [-0.2, -0.15) is 0 Å². The van der Waals surface area contributed by atoms with E-state index in [1.807, 2.05) is 37.4 Å². The first kappa shape index (κ1) is 14.2. The number of hydrogen-bond donors (Lipinski definition) is 1. The van der Waals surface area contributed by atoms with Gasteiger partial charge in [0.1, 0.15) is 0 Å². The molecule has 19 heavy (non-hydrogen) atoms. The first-order valence-electron chi connectivity index (χ1n) is 6.07. The van der Waals surface area contributed by atoms with Crippen LogP contribution in [0.25, 0.3) is 0 Å². The molecule has 2 aromatic carbocycles. The second-order valence-electron chi connectivity index (χ2n) is 4.48. The lowest BCUT2D eigenvalue weighted by atomic mass is 10.1. The van der Waals surface area contributed by atoms with Crippen molar-refractivity contribution in [2.75, 3.05) is 24.2 Å². The SMILES string of the molecule is CN(CCc1cccc(Br)c1)c1c(N)cccc1Cl. The number of nitrogens with zero attached hydrogens (tertiary/aromatic N) is 1. The lowest BCUT2D eigenvalue weighted by Gasteiger charge is -2.22. The Labute approximate surface area is 127 Å². The fraction of sp³-hybridized carbons (Fsp3) is 0.200. The van der Waals surface area contributed by atoms with Crippen LogP contribution in [0.2, 0.25) is 5.02 Å². The Morgan fingerprint density at radius 2 is 1.95 bits per heavy atom. The molecule has 0 saturated carbocycles. The van der Waals surface area contributed by atoms with Gasteiger partial charge in [-0.05, 0) is 36.2 Å². The summed E-state index contributed by atoms with van der Waals surface area (Å²) in [4.78, 5) is 2.10. The van der Waals surface area contributed by atoms with Gasteiger partial charge in [0.15, 0.2) is 0 Å². The number of rotatable bonds is 4. The van der Waals surface area contributed by atoms with E-state index in [0.717, 1.165) is 23.1 Å². The number of benzene rings is 2. The Morgan fingerprint density at radius 1 is 1.21 bits per heavy atom. The molecule has 100 valence electrons. The van der Waals surface area contributed by atoms with Crippen LogP contribution in [0.15, 0.2) is 46.9 Å². The van der Waals surface area contributed by atoms with E-state index in [2.05, 4.69) is 33.0 Å². The first-order chi connectivity index (χ1) is 9.08. The predicted octanol–water partition coefficient (Wildman–Crippen LogP) is 4.36. The largest absolute Gasteiger partial charge is 0.397 e.